The van der Waals surface area contributed by atoms with Crippen LogP contribution in [0.5, 0.6) is 0 Å². The van der Waals surface area contributed by atoms with Crippen molar-refractivity contribution in [2.45, 2.75) is 18.2 Å². The van der Waals surface area contributed by atoms with E-state index < -0.39 is 0 Å². The minimum Gasteiger partial charge on any atom is -0.207 e. The predicted molar refractivity (Wildman–Crippen MR) is 77.9 cm³/mol. The Kier molecular flexibility index (Phi) is 4.58. The standard InChI is InChI=1S/C15H12BrClF2/c1-9-7-10(18)5-6-11(9)13(16)8-12-14(17)3-2-4-15(12)19/h2-7,13H,8H2,1H3. The first-order valence-electron chi connectivity index (χ1n) is 5.82. The van der Waals surface area contributed by atoms with Crippen LogP contribution in [0.15, 0.2) is 36.4 Å². The molecular weight excluding hydrogens is 334 g/mol. The van der Waals surface area contributed by atoms with Crippen molar-refractivity contribution in [2.75, 3.05) is 0 Å². The summed E-state index contributed by atoms with van der Waals surface area (Å²) in [5.41, 5.74) is 2.23. The summed E-state index contributed by atoms with van der Waals surface area (Å²) in [4.78, 5) is -0.109. The van der Waals surface area contributed by atoms with Crippen LogP contribution in [-0.2, 0) is 6.42 Å². The van der Waals surface area contributed by atoms with Gasteiger partial charge in [0.25, 0.3) is 0 Å². The van der Waals surface area contributed by atoms with Crippen LogP contribution in [0.2, 0.25) is 5.02 Å². The van der Waals surface area contributed by atoms with Gasteiger partial charge in [0, 0.05) is 15.4 Å². The summed E-state index contributed by atoms with van der Waals surface area (Å²) < 4.78 is 26.8. The summed E-state index contributed by atoms with van der Waals surface area (Å²) in [5, 5.41) is 0.407. The molecule has 2 aromatic rings. The molecule has 2 rings (SSSR count). The zero-order valence-electron chi connectivity index (χ0n) is 10.3. The third kappa shape index (κ3) is 3.34. The van der Waals surface area contributed by atoms with Crippen molar-refractivity contribution in [1.29, 1.82) is 0 Å². The molecule has 0 aromatic heterocycles. The summed E-state index contributed by atoms with van der Waals surface area (Å²) in [5.74, 6) is -0.596. The average Bonchev–Trinajstić information content (AvgIpc) is 2.33. The van der Waals surface area contributed by atoms with Crippen molar-refractivity contribution < 1.29 is 8.78 Å². The van der Waals surface area contributed by atoms with Crippen LogP contribution in [-0.4, -0.2) is 0 Å². The van der Waals surface area contributed by atoms with Crippen LogP contribution < -0.4 is 0 Å². The summed E-state index contributed by atoms with van der Waals surface area (Å²) in [7, 11) is 0. The van der Waals surface area contributed by atoms with E-state index in [1.165, 1.54) is 18.2 Å². The molecule has 0 saturated carbocycles. The first-order valence-corrected chi connectivity index (χ1v) is 7.11. The highest BCUT2D eigenvalue weighted by atomic mass is 79.9. The van der Waals surface area contributed by atoms with Crippen LogP contribution in [0, 0.1) is 18.6 Å². The van der Waals surface area contributed by atoms with Crippen molar-refractivity contribution in [3.8, 4) is 0 Å². The minimum atomic E-state index is -0.322. The molecule has 0 aliphatic heterocycles. The maximum absolute atomic E-state index is 13.7. The molecule has 0 spiro atoms. The molecule has 4 heteroatoms. The van der Waals surface area contributed by atoms with Gasteiger partial charge in [0.05, 0.1) is 0 Å². The van der Waals surface area contributed by atoms with Gasteiger partial charge in [-0.05, 0) is 48.7 Å². The van der Waals surface area contributed by atoms with Crippen molar-refractivity contribution >= 4 is 27.5 Å². The van der Waals surface area contributed by atoms with Crippen molar-refractivity contribution in [1.82, 2.24) is 0 Å². The molecule has 0 nitrogen and oxygen atoms in total. The smallest absolute Gasteiger partial charge is 0.127 e. The Bertz CT molecular complexity index is 578. The SMILES string of the molecule is Cc1cc(F)ccc1C(Br)Cc1c(F)cccc1Cl. The lowest BCUT2D eigenvalue weighted by atomic mass is 10.00. The van der Waals surface area contributed by atoms with Gasteiger partial charge in [-0.1, -0.05) is 39.7 Å². The van der Waals surface area contributed by atoms with Gasteiger partial charge in [-0.25, -0.2) is 8.78 Å². The summed E-state index contributed by atoms with van der Waals surface area (Å²) in [6, 6.07) is 9.20. The number of hydrogen-bond donors (Lipinski definition) is 0. The molecule has 0 aliphatic carbocycles. The molecule has 0 fully saturated rings. The van der Waals surface area contributed by atoms with Crippen LogP contribution in [0.3, 0.4) is 0 Å². The molecule has 0 radical (unpaired) electrons. The monoisotopic (exact) mass is 344 g/mol. The molecule has 1 unspecified atom stereocenters. The van der Waals surface area contributed by atoms with E-state index in [9.17, 15) is 8.78 Å². The number of halogens is 4. The van der Waals surface area contributed by atoms with Crippen LogP contribution in [0.4, 0.5) is 8.78 Å². The maximum Gasteiger partial charge on any atom is 0.127 e. The second-order valence-electron chi connectivity index (χ2n) is 4.37. The first-order chi connectivity index (χ1) is 8.99. The molecule has 0 amide bonds. The fraction of sp³-hybridized carbons (Fsp3) is 0.200. The predicted octanol–water partition coefficient (Wildman–Crippen LogP) is 5.61. The highest BCUT2D eigenvalue weighted by molar-refractivity contribution is 9.09. The van der Waals surface area contributed by atoms with Gasteiger partial charge in [0.1, 0.15) is 11.6 Å². The second-order valence-corrected chi connectivity index (χ2v) is 5.89. The Morgan fingerprint density at radius 2 is 1.95 bits per heavy atom. The van der Waals surface area contributed by atoms with Gasteiger partial charge < -0.3 is 0 Å². The van der Waals surface area contributed by atoms with Gasteiger partial charge in [0.2, 0.25) is 0 Å². The molecule has 19 heavy (non-hydrogen) atoms. The van der Waals surface area contributed by atoms with E-state index in [-0.39, 0.29) is 16.5 Å². The maximum atomic E-state index is 13.7. The van der Waals surface area contributed by atoms with E-state index in [4.69, 9.17) is 11.6 Å². The van der Waals surface area contributed by atoms with Crippen molar-refractivity contribution in [3.05, 3.63) is 69.7 Å². The zero-order valence-corrected chi connectivity index (χ0v) is 12.6. The number of aryl methyl sites for hydroxylation is 1. The quantitative estimate of drug-likeness (QED) is 0.635. The lowest BCUT2D eigenvalue weighted by Crippen LogP contribution is -2.01. The van der Waals surface area contributed by atoms with E-state index in [2.05, 4.69) is 15.9 Å². The molecule has 0 saturated heterocycles. The van der Waals surface area contributed by atoms with E-state index in [0.29, 0.717) is 17.0 Å². The molecule has 100 valence electrons. The van der Waals surface area contributed by atoms with Crippen molar-refractivity contribution in [2.24, 2.45) is 0 Å². The molecular formula is C15H12BrClF2. The molecule has 0 heterocycles. The minimum absolute atomic E-state index is 0.109. The Morgan fingerprint density at radius 3 is 2.58 bits per heavy atom. The third-order valence-electron chi connectivity index (χ3n) is 3.01. The Labute approximate surface area is 124 Å². The first kappa shape index (κ1) is 14.5. The van der Waals surface area contributed by atoms with E-state index >= 15 is 0 Å². The summed E-state index contributed by atoms with van der Waals surface area (Å²) in [6.45, 7) is 1.83. The Balaban J connectivity index is 2.28. The van der Waals surface area contributed by atoms with Gasteiger partial charge in [-0.3, -0.25) is 0 Å². The average molecular weight is 346 g/mol. The zero-order chi connectivity index (χ0) is 14.0. The fourth-order valence-electron chi connectivity index (χ4n) is 2.01. The number of hydrogen-bond acceptors (Lipinski definition) is 0. The van der Waals surface area contributed by atoms with E-state index in [1.807, 2.05) is 6.92 Å². The van der Waals surface area contributed by atoms with E-state index in [1.54, 1.807) is 18.2 Å². The molecule has 0 aliphatic rings. The lowest BCUT2D eigenvalue weighted by Gasteiger charge is -2.14. The van der Waals surface area contributed by atoms with E-state index in [0.717, 1.165) is 11.1 Å². The lowest BCUT2D eigenvalue weighted by molar-refractivity contribution is 0.607. The molecule has 2 aromatic carbocycles. The Hall–Kier alpha value is -0.930. The van der Waals surface area contributed by atoms with Gasteiger partial charge in [0.15, 0.2) is 0 Å². The summed E-state index contributed by atoms with van der Waals surface area (Å²) >= 11 is 9.52. The number of benzene rings is 2. The Morgan fingerprint density at radius 1 is 1.21 bits per heavy atom. The van der Waals surface area contributed by atoms with Crippen molar-refractivity contribution in [3.63, 3.8) is 0 Å². The largest absolute Gasteiger partial charge is 0.207 e. The highest BCUT2D eigenvalue weighted by Gasteiger charge is 2.16. The second kappa shape index (κ2) is 6.02. The molecule has 0 bridgehead atoms. The third-order valence-corrected chi connectivity index (χ3v) is 4.19. The van der Waals surface area contributed by atoms with Crippen LogP contribution in [0.1, 0.15) is 21.5 Å². The summed E-state index contributed by atoms with van der Waals surface area (Å²) in [6.07, 6.45) is 0.415. The normalized spacial score (nSPS) is 12.5. The van der Waals surface area contributed by atoms with Crippen LogP contribution >= 0.6 is 27.5 Å². The fourth-order valence-corrected chi connectivity index (χ4v) is 3.08. The highest BCUT2D eigenvalue weighted by Crippen LogP contribution is 2.33. The topological polar surface area (TPSA) is 0 Å². The number of rotatable bonds is 3. The van der Waals surface area contributed by atoms with Gasteiger partial charge in [-0.2, -0.15) is 0 Å². The molecule has 0 N–H and O–H groups in total. The van der Waals surface area contributed by atoms with Gasteiger partial charge in [-0.15, -0.1) is 0 Å². The van der Waals surface area contributed by atoms with Crippen LogP contribution in [0.25, 0.3) is 0 Å². The molecule has 1 atom stereocenters. The number of alkyl halides is 1. The van der Waals surface area contributed by atoms with Gasteiger partial charge >= 0.3 is 0 Å².